The average Bonchev–Trinajstić information content (AvgIpc) is 3.01. The van der Waals surface area contributed by atoms with E-state index in [1.165, 1.54) is 11.1 Å². The van der Waals surface area contributed by atoms with Crippen LogP contribution in [0.4, 0.5) is 0 Å². The first kappa shape index (κ1) is 9.04. The quantitative estimate of drug-likeness (QED) is 0.644. The molecular formula is C14H12N2. The highest BCUT2D eigenvalue weighted by atomic mass is 14.8. The van der Waals surface area contributed by atoms with Crippen molar-refractivity contribution < 1.29 is 0 Å². The van der Waals surface area contributed by atoms with E-state index in [9.17, 15) is 0 Å². The molecule has 2 nitrogen and oxygen atoms in total. The number of aromatic nitrogens is 2. The van der Waals surface area contributed by atoms with Crippen molar-refractivity contribution >= 4 is 0 Å². The summed E-state index contributed by atoms with van der Waals surface area (Å²) in [5.74, 6) is 0. The molecule has 78 valence electrons. The summed E-state index contributed by atoms with van der Waals surface area (Å²) in [7, 11) is 0. The molecule has 0 amide bonds. The first-order valence-corrected chi connectivity index (χ1v) is 5.32. The topological polar surface area (TPSA) is 31.6 Å². The summed E-state index contributed by atoms with van der Waals surface area (Å²) >= 11 is 0. The molecule has 16 heavy (non-hydrogen) atoms. The molecule has 0 saturated carbocycles. The Morgan fingerprint density at radius 2 is 1.56 bits per heavy atom. The maximum Gasteiger partial charge on any atom is 0.0699 e. The van der Waals surface area contributed by atoms with E-state index in [1.54, 1.807) is 0 Å². The molecule has 0 unspecified atom stereocenters. The fourth-order valence-corrected chi connectivity index (χ4v) is 1.94. The van der Waals surface area contributed by atoms with E-state index in [4.69, 9.17) is 0 Å². The lowest BCUT2D eigenvalue weighted by Gasteiger charge is -2.02. The summed E-state index contributed by atoms with van der Waals surface area (Å²) in [6.45, 7) is 0. The van der Waals surface area contributed by atoms with Crippen LogP contribution in [0.3, 0.4) is 0 Å². The minimum absolute atomic E-state index is 1.11. The van der Waals surface area contributed by atoms with Gasteiger partial charge in [0.2, 0.25) is 0 Å². The van der Waals surface area contributed by atoms with Gasteiger partial charge in [0.15, 0.2) is 0 Å². The van der Waals surface area contributed by atoms with Crippen molar-refractivity contribution in [3.05, 3.63) is 60.9 Å². The Morgan fingerprint density at radius 1 is 0.688 bits per heavy atom. The predicted molar refractivity (Wildman–Crippen MR) is 66.0 cm³/mol. The third kappa shape index (κ3) is 1.44. The second kappa shape index (κ2) is 3.74. The van der Waals surface area contributed by atoms with E-state index >= 15 is 0 Å². The van der Waals surface area contributed by atoms with Crippen molar-refractivity contribution in [1.29, 1.82) is 0 Å². The lowest BCUT2D eigenvalue weighted by Crippen LogP contribution is -1.81. The van der Waals surface area contributed by atoms with Gasteiger partial charge in [-0.05, 0) is 23.8 Å². The molecule has 2 heteroatoms. The Balaban J connectivity index is 2.14. The molecule has 2 heterocycles. The van der Waals surface area contributed by atoms with Crippen LogP contribution in [0.15, 0.2) is 60.9 Å². The van der Waals surface area contributed by atoms with Crippen molar-refractivity contribution in [3.8, 4) is 22.5 Å². The molecule has 0 spiro atoms. The van der Waals surface area contributed by atoms with E-state index in [0.29, 0.717) is 0 Å². The normalized spacial score (nSPS) is 10.5. The van der Waals surface area contributed by atoms with Gasteiger partial charge in [0, 0.05) is 18.0 Å². The predicted octanol–water partition coefficient (Wildman–Crippen LogP) is 3.68. The Morgan fingerprint density at radius 3 is 2.31 bits per heavy atom. The second-order valence-corrected chi connectivity index (χ2v) is 3.72. The van der Waals surface area contributed by atoms with Gasteiger partial charge >= 0.3 is 0 Å². The summed E-state index contributed by atoms with van der Waals surface area (Å²) in [5.41, 5.74) is 4.71. The first-order valence-electron chi connectivity index (χ1n) is 5.32. The highest BCUT2D eigenvalue weighted by molar-refractivity contribution is 5.79. The zero-order chi connectivity index (χ0) is 10.8. The lowest BCUT2D eigenvalue weighted by atomic mass is 10.1. The molecule has 0 atom stereocenters. The van der Waals surface area contributed by atoms with Crippen LogP contribution in [0, 0.1) is 0 Å². The van der Waals surface area contributed by atoms with Crippen LogP contribution in [0.25, 0.3) is 22.5 Å². The summed E-state index contributed by atoms with van der Waals surface area (Å²) in [6.07, 6.45) is 3.91. The van der Waals surface area contributed by atoms with Gasteiger partial charge in [0.05, 0.1) is 11.4 Å². The molecular weight excluding hydrogens is 196 g/mol. The van der Waals surface area contributed by atoms with Crippen LogP contribution in [-0.4, -0.2) is 9.97 Å². The van der Waals surface area contributed by atoms with Crippen LogP contribution in [0.5, 0.6) is 0 Å². The third-order valence-corrected chi connectivity index (χ3v) is 2.70. The van der Waals surface area contributed by atoms with Crippen molar-refractivity contribution in [2.45, 2.75) is 0 Å². The Hall–Kier alpha value is -2.22. The molecule has 2 aromatic heterocycles. The minimum Gasteiger partial charge on any atom is -0.360 e. The molecule has 0 radical (unpaired) electrons. The number of hydrogen-bond acceptors (Lipinski definition) is 0. The summed E-state index contributed by atoms with van der Waals surface area (Å²) < 4.78 is 0. The highest BCUT2D eigenvalue weighted by Gasteiger charge is 2.07. The Kier molecular flexibility index (Phi) is 2.11. The zero-order valence-corrected chi connectivity index (χ0v) is 8.77. The van der Waals surface area contributed by atoms with Crippen LogP contribution < -0.4 is 0 Å². The van der Waals surface area contributed by atoms with E-state index in [2.05, 4.69) is 46.4 Å². The summed E-state index contributed by atoms with van der Waals surface area (Å²) in [5, 5.41) is 0. The summed E-state index contributed by atoms with van der Waals surface area (Å²) in [4.78, 5) is 6.49. The number of rotatable bonds is 2. The summed E-state index contributed by atoms with van der Waals surface area (Å²) in [6, 6.07) is 16.6. The molecule has 0 bridgehead atoms. The van der Waals surface area contributed by atoms with Gasteiger partial charge in [-0.1, -0.05) is 30.3 Å². The maximum absolute atomic E-state index is 3.28. The monoisotopic (exact) mass is 208 g/mol. The molecule has 0 aliphatic rings. The SMILES string of the molecule is c1ccc(-c2cc[nH]c2-c2ccc[nH]2)cc1. The fraction of sp³-hybridized carbons (Fsp3) is 0. The highest BCUT2D eigenvalue weighted by Crippen LogP contribution is 2.29. The molecule has 0 saturated heterocycles. The number of aromatic amines is 2. The molecule has 3 aromatic rings. The largest absolute Gasteiger partial charge is 0.360 e. The molecule has 2 N–H and O–H groups in total. The first-order chi connectivity index (χ1) is 7.95. The minimum atomic E-state index is 1.11. The standard InChI is InChI=1S/C14H12N2/c1-2-5-11(6-3-1)12-8-10-16-14(12)13-7-4-9-15-13/h1-10,15-16H. The average molecular weight is 208 g/mol. The van der Waals surface area contributed by atoms with Gasteiger partial charge in [-0.25, -0.2) is 0 Å². The number of hydrogen-bond donors (Lipinski definition) is 2. The van der Waals surface area contributed by atoms with Gasteiger partial charge in [-0.2, -0.15) is 0 Å². The van der Waals surface area contributed by atoms with Crippen molar-refractivity contribution in [2.75, 3.05) is 0 Å². The van der Waals surface area contributed by atoms with Crippen LogP contribution >= 0.6 is 0 Å². The van der Waals surface area contributed by atoms with Crippen molar-refractivity contribution in [1.82, 2.24) is 9.97 Å². The second-order valence-electron chi connectivity index (χ2n) is 3.72. The van der Waals surface area contributed by atoms with Gasteiger partial charge in [0.1, 0.15) is 0 Å². The maximum atomic E-state index is 3.28. The van der Waals surface area contributed by atoms with E-state index in [1.807, 2.05) is 24.5 Å². The fourth-order valence-electron chi connectivity index (χ4n) is 1.94. The van der Waals surface area contributed by atoms with E-state index in [-0.39, 0.29) is 0 Å². The zero-order valence-electron chi connectivity index (χ0n) is 8.77. The van der Waals surface area contributed by atoms with Gasteiger partial charge in [-0.15, -0.1) is 0 Å². The number of nitrogens with one attached hydrogen (secondary N) is 2. The molecule has 3 rings (SSSR count). The smallest absolute Gasteiger partial charge is 0.0699 e. The Bertz CT molecular complexity index is 562. The molecule has 0 aliphatic heterocycles. The molecule has 0 fully saturated rings. The number of benzene rings is 1. The van der Waals surface area contributed by atoms with Gasteiger partial charge in [0.25, 0.3) is 0 Å². The van der Waals surface area contributed by atoms with Crippen molar-refractivity contribution in [3.63, 3.8) is 0 Å². The lowest BCUT2D eigenvalue weighted by molar-refractivity contribution is 1.33. The van der Waals surface area contributed by atoms with Gasteiger partial charge < -0.3 is 9.97 Å². The third-order valence-electron chi connectivity index (χ3n) is 2.70. The van der Waals surface area contributed by atoms with Crippen LogP contribution in [0.1, 0.15) is 0 Å². The van der Waals surface area contributed by atoms with E-state index in [0.717, 1.165) is 11.4 Å². The molecule has 0 aliphatic carbocycles. The van der Waals surface area contributed by atoms with E-state index < -0.39 is 0 Å². The number of H-pyrrole nitrogens is 2. The van der Waals surface area contributed by atoms with Crippen LogP contribution in [0.2, 0.25) is 0 Å². The molecule has 1 aromatic carbocycles. The van der Waals surface area contributed by atoms with Gasteiger partial charge in [-0.3, -0.25) is 0 Å². The van der Waals surface area contributed by atoms with Crippen molar-refractivity contribution in [2.24, 2.45) is 0 Å². The Labute approximate surface area is 94.0 Å². The van der Waals surface area contributed by atoms with Crippen LogP contribution in [-0.2, 0) is 0 Å².